The van der Waals surface area contributed by atoms with Crippen molar-refractivity contribution in [3.63, 3.8) is 0 Å². The summed E-state index contributed by atoms with van der Waals surface area (Å²) in [4.78, 5) is 23.1. The molecule has 0 aliphatic carbocycles. The lowest BCUT2D eigenvalue weighted by Crippen LogP contribution is -2.28. The van der Waals surface area contributed by atoms with E-state index in [1.165, 1.54) is 7.11 Å². The van der Waals surface area contributed by atoms with E-state index >= 15 is 0 Å². The minimum atomic E-state index is -0.616. The lowest BCUT2D eigenvalue weighted by Gasteiger charge is -2.20. The third-order valence-corrected chi connectivity index (χ3v) is 2.10. The second kappa shape index (κ2) is 5.12. The number of hydrogen-bond donors (Lipinski definition) is 1. The number of anilines is 1. The molecule has 0 atom stereocenters. The highest BCUT2D eigenvalue weighted by molar-refractivity contribution is 5.98. The lowest BCUT2D eigenvalue weighted by atomic mass is 10.2. The van der Waals surface area contributed by atoms with Gasteiger partial charge in [0.15, 0.2) is 0 Å². The molecule has 18 heavy (non-hydrogen) atoms. The van der Waals surface area contributed by atoms with E-state index in [0.717, 1.165) is 0 Å². The molecule has 0 fully saturated rings. The molecule has 0 aliphatic heterocycles. The van der Waals surface area contributed by atoms with E-state index in [4.69, 9.17) is 4.74 Å². The minimum absolute atomic E-state index is 0.283. The Labute approximate surface area is 106 Å². The van der Waals surface area contributed by atoms with E-state index in [2.05, 4.69) is 10.1 Å². The Morgan fingerprint density at radius 3 is 2.44 bits per heavy atom. The van der Waals surface area contributed by atoms with Crippen LogP contribution in [0.1, 0.15) is 31.1 Å². The van der Waals surface area contributed by atoms with Crippen molar-refractivity contribution in [1.29, 1.82) is 0 Å². The van der Waals surface area contributed by atoms with Crippen molar-refractivity contribution >= 4 is 17.9 Å². The number of nitrogens with one attached hydrogen (secondary N) is 1. The van der Waals surface area contributed by atoms with Crippen LogP contribution in [0.15, 0.2) is 12.3 Å². The summed E-state index contributed by atoms with van der Waals surface area (Å²) in [7, 11) is 2.99. The molecule has 1 N–H and O–H groups in total. The quantitative estimate of drug-likeness (QED) is 0.821. The number of carbonyl (C=O) groups is 2. The molecule has 0 radical (unpaired) electrons. The monoisotopic (exact) mass is 254 g/mol. The number of ether oxygens (including phenoxy) is 2. The fourth-order valence-corrected chi connectivity index (χ4v) is 1.36. The number of methoxy groups -OCH3 is 1. The van der Waals surface area contributed by atoms with Crippen molar-refractivity contribution < 1.29 is 19.1 Å². The topological polar surface area (TPSA) is 69.6 Å². The van der Waals surface area contributed by atoms with E-state index in [0.29, 0.717) is 5.82 Å². The number of nitrogens with zero attached hydrogens (tertiary/aromatic N) is 1. The first kappa shape index (κ1) is 14.1. The molecule has 0 bridgehead atoms. The number of amides is 1. The van der Waals surface area contributed by atoms with Crippen molar-refractivity contribution in [3.8, 4) is 0 Å². The predicted molar refractivity (Wildman–Crippen MR) is 66.6 cm³/mol. The number of esters is 1. The van der Waals surface area contributed by atoms with Crippen LogP contribution in [0, 0.1) is 0 Å². The third-order valence-electron chi connectivity index (χ3n) is 2.10. The second-order valence-corrected chi connectivity index (χ2v) is 4.81. The van der Waals surface area contributed by atoms with Gasteiger partial charge in [0.25, 0.3) is 0 Å². The Hall–Kier alpha value is -1.98. The highest BCUT2D eigenvalue weighted by atomic mass is 16.6. The van der Waals surface area contributed by atoms with E-state index < -0.39 is 17.7 Å². The lowest BCUT2D eigenvalue weighted by molar-refractivity contribution is 0.0602. The summed E-state index contributed by atoms with van der Waals surface area (Å²) in [5.74, 6) is -0.169. The van der Waals surface area contributed by atoms with Gasteiger partial charge in [-0.25, -0.2) is 9.59 Å². The summed E-state index contributed by atoms with van der Waals surface area (Å²) >= 11 is 0. The van der Waals surface area contributed by atoms with Crippen LogP contribution in [0.2, 0.25) is 0 Å². The smallest absolute Gasteiger partial charge is 0.413 e. The van der Waals surface area contributed by atoms with Gasteiger partial charge in [0.2, 0.25) is 0 Å². The summed E-state index contributed by atoms with van der Waals surface area (Å²) in [5, 5.41) is 2.53. The molecule has 1 heterocycles. The van der Waals surface area contributed by atoms with Gasteiger partial charge < -0.3 is 14.0 Å². The summed E-state index contributed by atoms with van der Waals surface area (Å²) in [6.07, 6.45) is 1.04. The number of aryl methyl sites for hydroxylation is 1. The zero-order valence-electron chi connectivity index (χ0n) is 11.2. The van der Waals surface area contributed by atoms with Gasteiger partial charge in [0, 0.05) is 13.2 Å². The maximum atomic E-state index is 11.6. The summed E-state index contributed by atoms with van der Waals surface area (Å²) in [6.45, 7) is 5.29. The molecule has 6 nitrogen and oxygen atoms in total. The van der Waals surface area contributed by atoms with Gasteiger partial charge in [-0.2, -0.15) is 0 Å². The highest BCUT2D eigenvalue weighted by Crippen LogP contribution is 2.18. The Kier molecular flexibility index (Phi) is 4.00. The zero-order chi connectivity index (χ0) is 13.9. The zero-order valence-corrected chi connectivity index (χ0v) is 11.2. The molecule has 0 aromatic carbocycles. The number of carbonyl (C=O) groups excluding carboxylic acids is 2. The van der Waals surface area contributed by atoms with Crippen LogP contribution in [0.4, 0.5) is 10.6 Å². The van der Waals surface area contributed by atoms with Crippen LogP contribution < -0.4 is 5.32 Å². The van der Waals surface area contributed by atoms with Crippen LogP contribution >= 0.6 is 0 Å². The van der Waals surface area contributed by atoms with Gasteiger partial charge in [-0.15, -0.1) is 0 Å². The highest BCUT2D eigenvalue weighted by Gasteiger charge is 2.21. The molecular weight excluding hydrogens is 236 g/mol. The van der Waals surface area contributed by atoms with Crippen LogP contribution in [0.5, 0.6) is 0 Å². The van der Waals surface area contributed by atoms with E-state index in [-0.39, 0.29) is 5.56 Å². The van der Waals surface area contributed by atoms with Gasteiger partial charge in [0.1, 0.15) is 17.0 Å². The average molecular weight is 254 g/mol. The fraction of sp³-hybridized carbons (Fsp3) is 0.500. The van der Waals surface area contributed by atoms with Crippen LogP contribution in [0.25, 0.3) is 0 Å². The molecule has 1 aromatic heterocycles. The van der Waals surface area contributed by atoms with E-state index in [1.54, 1.807) is 44.6 Å². The molecule has 100 valence electrons. The Morgan fingerprint density at radius 2 is 1.94 bits per heavy atom. The van der Waals surface area contributed by atoms with Crippen molar-refractivity contribution in [1.82, 2.24) is 4.57 Å². The van der Waals surface area contributed by atoms with Crippen molar-refractivity contribution in [2.45, 2.75) is 26.4 Å². The maximum Gasteiger partial charge on any atom is 0.413 e. The third kappa shape index (κ3) is 3.51. The van der Waals surface area contributed by atoms with Gasteiger partial charge in [-0.05, 0) is 26.8 Å². The van der Waals surface area contributed by atoms with Crippen molar-refractivity contribution in [2.24, 2.45) is 7.05 Å². The van der Waals surface area contributed by atoms with Gasteiger partial charge >= 0.3 is 12.1 Å². The molecule has 0 saturated carbocycles. The maximum absolute atomic E-state index is 11.6. The fourth-order valence-electron chi connectivity index (χ4n) is 1.36. The number of hydrogen-bond acceptors (Lipinski definition) is 4. The molecular formula is C12H18N2O4. The predicted octanol–water partition coefficient (Wildman–Crippen LogP) is 2.16. The van der Waals surface area contributed by atoms with Gasteiger partial charge in [-0.1, -0.05) is 0 Å². The van der Waals surface area contributed by atoms with Crippen molar-refractivity contribution in [2.75, 3.05) is 12.4 Å². The number of rotatable bonds is 2. The standard InChI is InChI=1S/C12H18N2O4/c1-12(2,3)18-11(16)13-9-8(10(15)17-5)6-7-14(9)4/h6-7H,1-5H3,(H,13,16). The van der Waals surface area contributed by atoms with Crippen LogP contribution in [-0.2, 0) is 16.5 Å². The normalized spacial score (nSPS) is 10.9. The van der Waals surface area contributed by atoms with Gasteiger partial charge in [0.05, 0.1) is 7.11 Å². The first-order chi connectivity index (χ1) is 8.24. The molecule has 0 spiro atoms. The van der Waals surface area contributed by atoms with Crippen LogP contribution in [-0.4, -0.2) is 29.3 Å². The number of aromatic nitrogens is 1. The van der Waals surface area contributed by atoms with E-state index in [1.807, 2.05) is 0 Å². The SMILES string of the molecule is COC(=O)c1ccn(C)c1NC(=O)OC(C)(C)C. The Morgan fingerprint density at radius 1 is 1.33 bits per heavy atom. The molecule has 1 aromatic rings. The van der Waals surface area contributed by atoms with Gasteiger partial charge in [-0.3, -0.25) is 5.32 Å². The molecule has 0 aliphatic rings. The molecule has 0 saturated heterocycles. The molecule has 1 amide bonds. The second-order valence-electron chi connectivity index (χ2n) is 4.81. The molecule has 0 unspecified atom stereocenters. The first-order valence-corrected chi connectivity index (χ1v) is 5.48. The summed E-state index contributed by atoms with van der Waals surface area (Å²) in [6, 6.07) is 1.57. The minimum Gasteiger partial charge on any atom is -0.465 e. The van der Waals surface area contributed by atoms with Crippen LogP contribution in [0.3, 0.4) is 0 Å². The first-order valence-electron chi connectivity index (χ1n) is 5.48. The Balaban J connectivity index is 2.87. The molecule has 1 rings (SSSR count). The average Bonchev–Trinajstić information content (AvgIpc) is 2.57. The molecule has 6 heteroatoms. The summed E-state index contributed by atoms with van der Waals surface area (Å²) in [5.41, 5.74) is -0.313. The Bertz CT molecular complexity index is 457. The largest absolute Gasteiger partial charge is 0.465 e. The van der Waals surface area contributed by atoms with Crippen molar-refractivity contribution in [3.05, 3.63) is 17.8 Å². The van der Waals surface area contributed by atoms with E-state index in [9.17, 15) is 9.59 Å². The summed E-state index contributed by atoms with van der Waals surface area (Å²) < 4.78 is 11.4.